The third kappa shape index (κ3) is 4.08. The van der Waals surface area contributed by atoms with E-state index in [1.165, 1.54) is 0 Å². The maximum atomic E-state index is 12.3. The van der Waals surface area contributed by atoms with Crippen LogP contribution < -0.4 is 0 Å². The van der Waals surface area contributed by atoms with Crippen LogP contribution in [-0.2, 0) is 21.4 Å². The third-order valence-electron chi connectivity index (χ3n) is 3.93. The minimum absolute atomic E-state index is 0.0366. The molecule has 0 aromatic rings. The Kier molecular flexibility index (Phi) is 5.25. The Morgan fingerprint density at radius 3 is 1.60 bits per heavy atom. The van der Waals surface area contributed by atoms with Crippen molar-refractivity contribution in [1.29, 1.82) is 0 Å². The Bertz CT molecular complexity index is 457. The van der Waals surface area contributed by atoms with E-state index >= 15 is 0 Å². The molecule has 2 heterocycles. The number of carbonyl (C=O) groups excluding carboxylic acids is 1. The minimum atomic E-state index is -2.40. The summed E-state index contributed by atoms with van der Waals surface area (Å²) in [5.74, 6) is 0.348. The summed E-state index contributed by atoms with van der Waals surface area (Å²) < 4.78 is 42.8. The Hall–Kier alpha value is -0.830. The van der Waals surface area contributed by atoms with E-state index in [2.05, 4.69) is 0 Å². The van der Waals surface area contributed by atoms with Crippen LogP contribution >= 0.6 is 0 Å². The maximum absolute atomic E-state index is 12.3. The first kappa shape index (κ1) is 15.6. The molecule has 0 aromatic carbocycles. The molecule has 2 atom stereocenters. The Balaban J connectivity index is 1.84. The fraction of sp³-hybridized carbons (Fsp3) is 0.909. The summed E-state index contributed by atoms with van der Waals surface area (Å²) in [6.07, 6.45) is 1.44. The molecule has 7 nitrogen and oxygen atoms in total. The van der Waals surface area contributed by atoms with Crippen molar-refractivity contribution in [3.05, 3.63) is 0 Å². The number of rotatable bonds is 4. The molecule has 0 bridgehead atoms. The van der Waals surface area contributed by atoms with Crippen molar-refractivity contribution in [1.82, 2.24) is 9.80 Å². The molecule has 2 aliphatic heterocycles. The molecule has 2 unspecified atom stereocenters. The second-order valence-corrected chi connectivity index (χ2v) is 7.58. The lowest BCUT2D eigenvalue weighted by atomic mass is 10.2. The normalized spacial score (nSPS) is 26.9. The van der Waals surface area contributed by atoms with Crippen LogP contribution in [0, 0.1) is 11.8 Å². The SMILES string of the molecule is O=C(N1CCC(C[SH](=O)=O)C1)N1CCC(C[SH](=O)=O)C1. The van der Waals surface area contributed by atoms with E-state index in [0.29, 0.717) is 26.2 Å². The molecular weight excluding hydrogens is 304 g/mol. The van der Waals surface area contributed by atoms with Gasteiger partial charge in [-0.25, -0.2) is 21.6 Å². The van der Waals surface area contributed by atoms with Gasteiger partial charge in [-0.15, -0.1) is 0 Å². The third-order valence-corrected chi connectivity index (χ3v) is 5.56. The van der Waals surface area contributed by atoms with Gasteiger partial charge in [-0.05, 0) is 24.7 Å². The highest BCUT2D eigenvalue weighted by atomic mass is 32.2. The molecule has 0 N–H and O–H groups in total. The number of likely N-dealkylation sites (tertiary alicyclic amines) is 2. The van der Waals surface area contributed by atoms with Gasteiger partial charge in [0.05, 0.1) is 11.5 Å². The van der Waals surface area contributed by atoms with Crippen molar-refractivity contribution in [2.75, 3.05) is 37.7 Å². The van der Waals surface area contributed by atoms with Crippen LogP contribution in [0.2, 0.25) is 0 Å². The topological polar surface area (TPSA) is 91.8 Å². The van der Waals surface area contributed by atoms with Gasteiger partial charge in [0.1, 0.15) is 21.4 Å². The standard InChI is InChI=1S/C11H20N2O5S2/c14-11(12-3-1-9(5-12)7-19(15)16)13-4-2-10(6-13)8-20(17)18/h9-10,19-20H,1-8H2. The zero-order chi connectivity index (χ0) is 14.7. The van der Waals surface area contributed by atoms with E-state index in [-0.39, 0.29) is 29.4 Å². The largest absolute Gasteiger partial charge is 0.324 e. The molecule has 116 valence electrons. The fourth-order valence-electron chi connectivity index (χ4n) is 2.93. The van der Waals surface area contributed by atoms with E-state index < -0.39 is 21.4 Å². The molecule has 0 aromatic heterocycles. The first-order chi connectivity index (χ1) is 9.45. The van der Waals surface area contributed by atoms with Gasteiger partial charge in [0.15, 0.2) is 0 Å². The van der Waals surface area contributed by atoms with Gasteiger partial charge in [0.25, 0.3) is 0 Å². The maximum Gasteiger partial charge on any atom is 0.320 e. The van der Waals surface area contributed by atoms with Crippen molar-refractivity contribution < 1.29 is 21.6 Å². The van der Waals surface area contributed by atoms with Crippen molar-refractivity contribution in [3.8, 4) is 0 Å². The van der Waals surface area contributed by atoms with Crippen molar-refractivity contribution >= 4 is 27.4 Å². The monoisotopic (exact) mass is 324 g/mol. The molecule has 2 aliphatic rings. The van der Waals surface area contributed by atoms with Gasteiger partial charge in [-0.3, -0.25) is 0 Å². The van der Waals surface area contributed by atoms with Gasteiger partial charge in [0.2, 0.25) is 0 Å². The highest BCUT2D eigenvalue weighted by molar-refractivity contribution is 7.72. The Labute approximate surface area is 121 Å². The van der Waals surface area contributed by atoms with E-state index in [9.17, 15) is 21.6 Å². The van der Waals surface area contributed by atoms with Crippen LogP contribution in [0.3, 0.4) is 0 Å². The molecule has 2 rings (SSSR count). The number of carbonyl (C=O) groups is 1. The summed E-state index contributed by atoms with van der Waals surface area (Å²) in [7, 11) is -4.79. The number of amides is 2. The summed E-state index contributed by atoms with van der Waals surface area (Å²) in [5, 5.41) is 0. The fourth-order valence-corrected chi connectivity index (χ4v) is 4.37. The van der Waals surface area contributed by atoms with Crippen molar-refractivity contribution in [3.63, 3.8) is 0 Å². The van der Waals surface area contributed by atoms with Gasteiger partial charge in [-0.1, -0.05) is 0 Å². The van der Waals surface area contributed by atoms with E-state index in [0.717, 1.165) is 12.8 Å². The highest BCUT2D eigenvalue weighted by Gasteiger charge is 2.33. The molecule has 2 saturated heterocycles. The van der Waals surface area contributed by atoms with E-state index in [1.54, 1.807) is 9.80 Å². The van der Waals surface area contributed by atoms with Crippen LogP contribution in [-0.4, -0.2) is 70.4 Å². The minimum Gasteiger partial charge on any atom is -0.324 e. The lowest BCUT2D eigenvalue weighted by Crippen LogP contribution is -2.41. The summed E-state index contributed by atoms with van der Waals surface area (Å²) in [4.78, 5) is 15.6. The van der Waals surface area contributed by atoms with Crippen LogP contribution in [0.1, 0.15) is 12.8 Å². The Morgan fingerprint density at radius 1 is 0.850 bits per heavy atom. The molecule has 0 saturated carbocycles. The number of thiol groups is 2. The average Bonchev–Trinajstić information content (AvgIpc) is 2.96. The second-order valence-electron chi connectivity index (χ2n) is 5.51. The summed E-state index contributed by atoms with van der Waals surface area (Å²) in [6, 6.07) is -0.0859. The van der Waals surface area contributed by atoms with Crippen molar-refractivity contribution in [2.45, 2.75) is 12.8 Å². The lowest BCUT2D eigenvalue weighted by Gasteiger charge is -2.24. The van der Waals surface area contributed by atoms with Gasteiger partial charge in [-0.2, -0.15) is 0 Å². The smallest absolute Gasteiger partial charge is 0.320 e. The first-order valence-corrected chi connectivity index (χ1v) is 9.45. The molecule has 0 spiro atoms. The molecule has 2 amide bonds. The summed E-state index contributed by atoms with van der Waals surface area (Å²) in [6.45, 7) is 2.14. The summed E-state index contributed by atoms with van der Waals surface area (Å²) >= 11 is 0. The zero-order valence-corrected chi connectivity index (χ0v) is 12.9. The molecule has 20 heavy (non-hydrogen) atoms. The van der Waals surface area contributed by atoms with Gasteiger partial charge < -0.3 is 9.80 Å². The zero-order valence-electron chi connectivity index (χ0n) is 11.1. The average molecular weight is 324 g/mol. The van der Waals surface area contributed by atoms with Gasteiger partial charge >= 0.3 is 6.03 Å². The van der Waals surface area contributed by atoms with Gasteiger partial charge in [0, 0.05) is 26.2 Å². The number of nitrogens with zero attached hydrogens (tertiary/aromatic N) is 2. The Morgan fingerprint density at radius 2 is 1.25 bits per heavy atom. The molecule has 2 fully saturated rings. The van der Waals surface area contributed by atoms with Crippen LogP contribution in [0.5, 0.6) is 0 Å². The van der Waals surface area contributed by atoms with E-state index in [1.807, 2.05) is 0 Å². The molecule has 0 radical (unpaired) electrons. The quantitative estimate of drug-likeness (QED) is 0.646. The number of hydrogen-bond acceptors (Lipinski definition) is 5. The number of hydrogen-bond donors (Lipinski definition) is 2. The first-order valence-electron chi connectivity index (χ1n) is 6.73. The molecule has 0 aliphatic carbocycles. The van der Waals surface area contributed by atoms with Crippen LogP contribution in [0.25, 0.3) is 0 Å². The predicted molar refractivity (Wildman–Crippen MR) is 75.1 cm³/mol. The molecule has 9 heteroatoms. The highest BCUT2D eigenvalue weighted by Crippen LogP contribution is 2.22. The lowest BCUT2D eigenvalue weighted by molar-refractivity contribution is 0.170. The molecular formula is C11H20N2O5S2. The van der Waals surface area contributed by atoms with Crippen molar-refractivity contribution in [2.24, 2.45) is 11.8 Å². The van der Waals surface area contributed by atoms with Crippen LogP contribution in [0.15, 0.2) is 0 Å². The van der Waals surface area contributed by atoms with E-state index in [4.69, 9.17) is 0 Å². The summed E-state index contributed by atoms with van der Waals surface area (Å²) in [5.41, 5.74) is 0. The van der Waals surface area contributed by atoms with Crippen LogP contribution in [0.4, 0.5) is 4.79 Å². The predicted octanol–water partition coefficient (Wildman–Crippen LogP) is -1.03. The number of urea groups is 1. The second kappa shape index (κ2) is 6.75.